The van der Waals surface area contributed by atoms with Crippen molar-refractivity contribution in [3.8, 4) is 11.5 Å². The Balaban J connectivity index is 1.96. The number of hydrogen-bond acceptors (Lipinski definition) is 7. The van der Waals surface area contributed by atoms with Gasteiger partial charge in [-0.25, -0.2) is 13.1 Å². The Morgan fingerprint density at radius 2 is 2.13 bits per heavy atom. The fraction of sp³-hybridized carbons (Fsp3) is 0.385. The van der Waals surface area contributed by atoms with Gasteiger partial charge in [0.1, 0.15) is 0 Å². The molecule has 0 aliphatic carbocycles. The molecule has 0 fully saturated rings. The number of sulfonamides is 1. The van der Waals surface area contributed by atoms with Crippen molar-refractivity contribution in [3.63, 3.8) is 0 Å². The van der Waals surface area contributed by atoms with Crippen LogP contribution in [0.3, 0.4) is 0 Å². The van der Waals surface area contributed by atoms with Crippen LogP contribution < -0.4 is 4.72 Å². The molecule has 0 atom stereocenters. The molecular formula is C13H16N6O3S. The fourth-order valence-corrected chi connectivity index (χ4v) is 2.65. The van der Waals surface area contributed by atoms with Crippen molar-refractivity contribution in [1.29, 1.82) is 0 Å². The Kier molecular flexibility index (Phi) is 3.86. The molecule has 0 bridgehead atoms. The monoisotopic (exact) mass is 336 g/mol. The highest BCUT2D eigenvalue weighted by Crippen LogP contribution is 2.22. The van der Waals surface area contributed by atoms with E-state index in [1.807, 2.05) is 0 Å². The zero-order valence-corrected chi connectivity index (χ0v) is 13.7. The van der Waals surface area contributed by atoms with E-state index in [9.17, 15) is 8.42 Å². The Bertz CT molecular complexity index is 944. The molecule has 3 aromatic rings. The van der Waals surface area contributed by atoms with Gasteiger partial charge in [-0.2, -0.15) is 4.98 Å². The summed E-state index contributed by atoms with van der Waals surface area (Å²) in [5.74, 6) is 1.34. The van der Waals surface area contributed by atoms with Crippen molar-refractivity contribution in [1.82, 2.24) is 29.5 Å². The minimum atomic E-state index is -3.37. The lowest BCUT2D eigenvalue weighted by atomic mass is 10.2. The first-order chi connectivity index (χ1) is 10.9. The fourth-order valence-electron chi connectivity index (χ4n) is 1.99. The van der Waals surface area contributed by atoms with Crippen LogP contribution in [0.15, 0.2) is 22.9 Å². The molecule has 3 heterocycles. The summed E-state index contributed by atoms with van der Waals surface area (Å²) < 4.78 is 33.1. The smallest absolute Gasteiger partial charge is 0.261 e. The molecule has 0 saturated heterocycles. The lowest BCUT2D eigenvalue weighted by Gasteiger charge is -2.08. The molecule has 0 aromatic carbocycles. The normalized spacial score (nSPS) is 12.3. The van der Waals surface area contributed by atoms with Crippen molar-refractivity contribution in [3.05, 3.63) is 30.0 Å². The molecule has 0 spiro atoms. The topological polar surface area (TPSA) is 115 Å². The largest absolute Gasteiger partial charge is 0.334 e. The molecule has 0 aliphatic rings. The van der Waals surface area contributed by atoms with Gasteiger partial charge in [0.2, 0.25) is 10.0 Å². The van der Waals surface area contributed by atoms with Crippen molar-refractivity contribution >= 4 is 15.7 Å². The molecule has 122 valence electrons. The zero-order valence-electron chi connectivity index (χ0n) is 12.9. The van der Waals surface area contributed by atoms with Gasteiger partial charge in [-0.15, -0.1) is 10.2 Å². The van der Waals surface area contributed by atoms with E-state index < -0.39 is 15.3 Å². The maximum absolute atomic E-state index is 11.9. The second-order valence-corrected chi connectivity index (χ2v) is 7.61. The molecule has 0 radical (unpaired) electrons. The summed E-state index contributed by atoms with van der Waals surface area (Å²) in [4.78, 5) is 4.18. The first kappa shape index (κ1) is 15.6. The minimum Gasteiger partial charge on any atom is -0.334 e. The van der Waals surface area contributed by atoms with Crippen molar-refractivity contribution in [2.45, 2.75) is 32.6 Å². The van der Waals surface area contributed by atoms with Crippen LogP contribution in [-0.4, -0.2) is 38.4 Å². The Morgan fingerprint density at radius 3 is 2.78 bits per heavy atom. The van der Waals surface area contributed by atoms with E-state index >= 15 is 0 Å². The summed E-state index contributed by atoms with van der Waals surface area (Å²) in [5, 5.41) is 11.4. The van der Waals surface area contributed by atoms with Gasteiger partial charge in [0, 0.05) is 6.20 Å². The number of rotatable bonds is 5. The molecule has 1 N–H and O–H groups in total. The molecule has 3 rings (SSSR count). The highest BCUT2D eigenvalue weighted by Gasteiger charge is 2.18. The molecule has 23 heavy (non-hydrogen) atoms. The standard InChI is InChI=1S/C13H16N6O3S/c1-8(2)23(20,21)14-7-11-16-17-12-10(5-4-6-19(11)12)13-15-9(3)18-22-13/h4-6,8,14H,7H2,1-3H3. The van der Waals surface area contributed by atoms with Gasteiger partial charge in [-0.3, -0.25) is 4.40 Å². The number of aromatic nitrogens is 5. The van der Waals surface area contributed by atoms with Crippen LogP contribution in [0.5, 0.6) is 0 Å². The summed E-state index contributed by atoms with van der Waals surface area (Å²) in [7, 11) is -3.37. The van der Waals surface area contributed by atoms with E-state index in [-0.39, 0.29) is 6.54 Å². The van der Waals surface area contributed by atoms with Crippen molar-refractivity contribution < 1.29 is 12.9 Å². The van der Waals surface area contributed by atoms with Gasteiger partial charge < -0.3 is 4.52 Å². The highest BCUT2D eigenvalue weighted by atomic mass is 32.2. The summed E-state index contributed by atoms with van der Waals surface area (Å²) in [5.41, 5.74) is 1.16. The molecular weight excluding hydrogens is 320 g/mol. The van der Waals surface area contributed by atoms with E-state index in [4.69, 9.17) is 4.52 Å². The summed E-state index contributed by atoms with van der Waals surface area (Å²) in [6.07, 6.45) is 1.75. The van der Waals surface area contributed by atoms with Gasteiger partial charge in [0.15, 0.2) is 17.3 Å². The Morgan fingerprint density at radius 1 is 1.35 bits per heavy atom. The lowest BCUT2D eigenvalue weighted by molar-refractivity contribution is 0.426. The zero-order chi connectivity index (χ0) is 16.6. The van der Waals surface area contributed by atoms with Crippen LogP contribution in [0, 0.1) is 6.92 Å². The second-order valence-electron chi connectivity index (χ2n) is 5.29. The average Bonchev–Trinajstić information content (AvgIpc) is 3.11. The number of nitrogens with zero attached hydrogens (tertiary/aromatic N) is 5. The summed E-state index contributed by atoms with van der Waals surface area (Å²) in [6, 6.07) is 3.57. The third-order valence-electron chi connectivity index (χ3n) is 3.32. The average molecular weight is 336 g/mol. The first-order valence-corrected chi connectivity index (χ1v) is 8.55. The predicted molar refractivity (Wildman–Crippen MR) is 81.9 cm³/mol. The number of pyridine rings is 1. The van der Waals surface area contributed by atoms with E-state index in [0.29, 0.717) is 28.8 Å². The van der Waals surface area contributed by atoms with Crippen LogP contribution >= 0.6 is 0 Å². The molecule has 9 nitrogen and oxygen atoms in total. The Labute approximate surface area is 132 Å². The van der Waals surface area contributed by atoms with Crippen LogP contribution in [0.1, 0.15) is 25.5 Å². The molecule has 0 unspecified atom stereocenters. The van der Waals surface area contributed by atoms with Gasteiger partial charge in [0.25, 0.3) is 5.89 Å². The third-order valence-corrected chi connectivity index (χ3v) is 5.10. The highest BCUT2D eigenvalue weighted by molar-refractivity contribution is 7.90. The van der Waals surface area contributed by atoms with E-state index in [2.05, 4.69) is 25.1 Å². The van der Waals surface area contributed by atoms with Gasteiger partial charge in [-0.1, -0.05) is 5.16 Å². The quantitative estimate of drug-likeness (QED) is 0.736. The van der Waals surface area contributed by atoms with Crippen LogP contribution in [0.4, 0.5) is 0 Å². The molecule has 3 aromatic heterocycles. The van der Waals surface area contributed by atoms with E-state index in [1.54, 1.807) is 43.5 Å². The predicted octanol–water partition coefficient (Wildman–Crippen LogP) is 0.916. The van der Waals surface area contributed by atoms with Crippen LogP contribution in [0.25, 0.3) is 17.1 Å². The minimum absolute atomic E-state index is 0.0496. The number of nitrogens with one attached hydrogen (secondary N) is 1. The SMILES string of the molecule is Cc1noc(-c2cccn3c(CNS(=O)(=O)C(C)C)nnc23)n1. The van der Waals surface area contributed by atoms with Crippen molar-refractivity contribution in [2.24, 2.45) is 0 Å². The molecule has 0 amide bonds. The number of fused-ring (bicyclic) bond motifs is 1. The lowest BCUT2D eigenvalue weighted by Crippen LogP contribution is -2.30. The maximum atomic E-state index is 11.9. The third kappa shape index (κ3) is 2.94. The molecule has 0 aliphatic heterocycles. The maximum Gasteiger partial charge on any atom is 0.261 e. The van der Waals surface area contributed by atoms with Gasteiger partial charge >= 0.3 is 0 Å². The van der Waals surface area contributed by atoms with Gasteiger partial charge in [0.05, 0.1) is 17.4 Å². The van der Waals surface area contributed by atoms with Crippen LogP contribution in [0.2, 0.25) is 0 Å². The van der Waals surface area contributed by atoms with E-state index in [0.717, 1.165) is 0 Å². The Hall–Kier alpha value is -2.33. The second kappa shape index (κ2) is 5.70. The number of aryl methyl sites for hydroxylation is 1. The number of hydrogen-bond donors (Lipinski definition) is 1. The molecule has 0 saturated carbocycles. The van der Waals surface area contributed by atoms with E-state index in [1.165, 1.54) is 0 Å². The van der Waals surface area contributed by atoms with Gasteiger partial charge in [-0.05, 0) is 32.9 Å². The van der Waals surface area contributed by atoms with Crippen molar-refractivity contribution in [2.75, 3.05) is 0 Å². The molecule has 10 heteroatoms. The summed E-state index contributed by atoms with van der Waals surface area (Å²) >= 11 is 0. The summed E-state index contributed by atoms with van der Waals surface area (Å²) in [6.45, 7) is 5.00. The van der Waals surface area contributed by atoms with Crippen LogP contribution in [-0.2, 0) is 16.6 Å². The first-order valence-electron chi connectivity index (χ1n) is 7.00.